The molecule has 1 aliphatic rings. The lowest BCUT2D eigenvalue weighted by atomic mass is 10.1. The van der Waals surface area contributed by atoms with E-state index in [1.807, 2.05) is 30.0 Å². The number of nitrogens with one attached hydrogen (secondary N) is 1. The highest BCUT2D eigenvalue weighted by Crippen LogP contribution is 2.37. The predicted octanol–water partition coefficient (Wildman–Crippen LogP) is 5.04. The molecule has 0 unspecified atom stereocenters. The number of benzene rings is 2. The molecule has 1 aliphatic heterocycles. The van der Waals surface area contributed by atoms with Gasteiger partial charge in [-0.15, -0.1) is 0 Å². The fourth-order valence-corrected chi connectivity index (χ4v) is 4.02. The summed E-state index contributed by atoms with van der Waals surface area (Å²) in [5.74, 6) is -0.0321. The van der Waals surface area contributed by atoms with E-state index in [9.17, 15) is 18.0 Å². The minimum atomic E-state index is -4.51. The Balaban J connectivity index is 1.92. The van der Waals surface area contributed by atoms with Gasteiger partial charge in [-0.05, 0) is 63.0 Å². The van der Waals surface area contributed by atoms with Gasteiger partial charge in [-0.2, -0.15) is 13.2 Å². The first-order chi connectivity index (χ1) is 14.6. The van der Waals surface area contributed by atoms with Crippen molar-refractivity contribution in [2.75, 3.05) is 51.1 Å². The van der Waals surface area contributed by atoms with Crippen LogP contribution < -0.4 is 15.0 Å². The molecular weight excluding hydrogens is 475 g/mol. The van der Waals surface area contributed by atoms with Gasteiger partial charge in [-0.25, -0.2) is 0 Å². The maximum absolute atomic E-state index is 13.3. The van der Waals surface area contributed by atoms with Crippen molar-refractivity contribution >= 4 is 33.2 Å². The van der Waals surface area contributed by atoms with Crippen molar-refractivity contribution in [3.8, 4) is 5.75 Å². The Bertz CT molecular complexity index is 964. The van der Waals surface area contributed by atoms with Gasteiger partial charge in [0, 0.05) is 24.5 Å². The molecule has 5 nitrogen and oxygen atoms in total. The summed E-state index contributed by atoms with van der Waals surface area (Å²) in [6, 6.07) is 6.92. The summed E-state index contributed by atoms with van der Waals surface area (Å²) in [4.78, 5) is 16.9. The standard InChI is InChI=1S/C22H25BrF3N3O2/c1-28(2)8-4-9-29(3)19-6-5-15(22(24,25)26)12-18(19)27-21(30)17-13-16(23)11-14-7-10-31-20(14)17/h5-6,11-13H,4,7-10H2,1-3H3,(H,27,30). The van der Waals surface area contributed by atoms with Gasteiger partial charge in [0.2, 0.25) is 0 Å². The van der Waals surface area contributed by atoms with Crippen LogP contribution in [0.5, 0.6) is 5.75 Å². The van der Waals surface area contributed by atoms with Crippen molar-refractivity contribution in [3.05, 3.63) is 51.5 Å². The van der Waals surface area contributed by atoms with Gasteiger partial charge in [0.25, 0.3) is 5.91 Å². The van der Waals surface area contributed by atoms with Crippen LogP contribution >= 0.6 is 15.9 Å². The van der Waals surface area contributed by atoms with E-state index < -0.39 is 17.6 Å². The van der Waals surface area contributed by atoms with Gasteiger partial charge in [0.05, 0.1) is 29.1 Å². The highest BCUT2D eigenvalue weighted by Gasteiger charge is 2.32. The molecule has 0 bridgehead atoms. The predicted molar refractivity (Wildman–Crippen MR) is 119 cm³/mol. The Morgan fingerprint density at radius 2 is 1.90 bits per heavy atom. The van der Waals surface area contributed by atoms with Crippen LogP contribution in [0.4, 0.5) is 24.5 Å². The number of carbonyl (C=O) groups is 1. The molecule has 0 aliphatic carbocycles. The normalized spacial score (nSPS) is 13.2. The SMILES string of the molecule is CN(C)CCCN(C)c1ccc(C(F)(F)F)cc1NC(=O)c1cc(Br)cc2c1OCC2. The summed E-state index contributed by atoms with van der Waals surface area (Å²) in [6.45, 7) is 1.94. The van der Waals surface area contributed by atoms with Crippen molar-refractivity contribution in [3.63, 3.8) is 0 Å². The number of hydrogen-bond donors (Lipinski definition) is 1. The van der Waals surface area contributed by atoms with E-state index in [-0.39, 0.29) is 5.69 Å². The average molecular weight is 500 g/mol. The van der Waals surface area contributed by atoms with Crippen molar-refractivity contribution in [1.82, 2.24) is 4.90 Å². The number of amides is 1. The topological polar surface area (TPSA) is 44.8 Å². The number of nitrogens with zero attached hydrogens (tertiary/aromatic N) is 2. The highest BCUT2D eigenvalue weighted by molar-refractivity contribution is 9.10. The van der Waals surface area contributed by atoms with Crippen LogP contribution in [0.3, 0.4) is 0 Å². The molecule has 1 heterocycles. The molecule has 2 aromatic rings. The summed E-state index contributed by atoms with van der Waals surface area (Å²) in [5.41, 5.74) is 1.00. The third kappa shape index (κ3) is 5.71. The molecule has 9 heteroatoms. The van der Waals surface area contributed by atoms with Gasteiger partial charge in [0.15, 0.2) is 0 Å². The fraction of sp³-hybridized carbons (Fsp3) is 0.409. The Kier molecular flexibility index (Phi) is 7.16. The number of hydrogen-bond acceptors (Lipinski definition) is 4. The Hall–Kier alpha value is -2.26. The zero-order valence-corrected chi connectivity index (χ0v) is 19.2. The van der Waals surface area contributed by atoms with Crippen LogP contribution in [0.1, 0.15) is 27.9 Å². The van der Waals surface area contributed by atoms with Crippen LogP contribution in [-0.4, -0.2) is 51.6 Å². The zero-order valence-electron chi connectivity index (χ0n) is 17.6. The minimum absolute atomic E-state index is 0.110. The molecule has 0 radical (unpaired) electrons. The molecule has 0 saturated heterocycles. The fourth-order valence-electron chi connectivity index (χ4n) is 3.52. The molecule has 0 fully saturated rings. The summed E-state index contributed by atoms with van der Waals surface area (Å²) in [7, 11) is 5.72. The maximum atomic E-state index is 13.3. The highest BCUT2D eigenvalue weighted by atomic mass is 79.9. The second-order valence-electron chi connectivity index (χ2n) is 7.80. The number of carbonyl (C=O) groups excluding carboxylic acids is 1. The van der Waals surface area contributed by atoms with Crippen molar-refractivity contribution in [2.45, 2.75) is 19.0 Å². The average Bonchev–Trinajstić information content (AvgIpc) is 3.14. The van der Waals surface area contributed by atoms with Crippen LogP contribution in [0.25, 0.3) is 0 Å². The Morgan fingerprint density at radius 3 is 2.58 bits per heavy atom. The van der Waals surface area contributed by atoms with Crippen LogP contribution in [-0.2, 0) is 12.6 Å². The van der Waals surface area contributed by atoms with Gasteiger partial charge in [-0.1, -0.05) is 15.9 Å². The molecule has 168 valence electrons. The van der Waals surface area contributed by atoms with Crippen LogP contribution in [0, 0.1) is 0 Å². The third-order valence-electron chi connectivity index (χ3n) is 5.08. The first-order valence-electron chi connectivity index (χ1n) is 9.90. The van der Waals surface area contributed by atoms with Crippen molar-refractivity contribution < 1.29 is 22.7 Å². The van der Waals surface area contributed by atoms with Crippen molar-refractivity contribution in [2.24, 2.45) is 0 Å². The number of halogens is 4. The number of rotatable bonds is 7. The minimum Gasteiger partial charge on any atom is -0.492 e. The molecule has 0 aromatic heterocycles. The zero-order chi connectivity index (χ0) is 22.8. The van der Waals surface area contributed by atoms with Gasteiger partial charge in [0.1, 0.15) is 5.75 Å². The third-order valence-corrected chi connectivity index (χ3v) is 5.53. The molecule has 0 saturated carbocycles. The monoisotopic (exact) mass is 499 g/mol. The summed E-state index contributed by atoms with van der Waals surface area (Å²) < 4.78 is 46.3. The molecule has 1 N–H and O–H groups in total. The molecule has 1 amide bonds. The van der Waals surface area contributed by atoms with E-state index in [1.54, 1.807) is 13.1 Å². The Labute approximate surface area is 188 Å². The first-order valence-corrected chi connectivity index (χ1v) is 10.7. The summed E-state index contributed by atoms with van der Waals surface area (Å²) >= 11 is 3.39. The lowest BCUT2D eigenvalue weighted by molar-refractivity contribution is -0.137. The lowest BCUT2D eigenvalue weighted by Gasteiger charge is -2.24. The second-order valence-corrected chi connectivity index (χ2v) is 8.72. The molecule has 3 rings (SSSR count). The number of ether oxygens (including phenoxy) is 1. The molecule has 0 atom stereocenters. The quantitative estimate of drug-likeness (QED) is 0.579. The summed E-state index contributed by atoms with van der Waals surface area (Å²) in [6.07, 6.45) is -3.01. The molecule has 31 heavy (non-hydrogen) atoms. The van der Waals surface area contributed by atoms with E-state index >= 15 is 0 Å². The molecule has 0 spiro atoms. The van der Waals surface area contributed by atoms with Crippen molar-refractivity contribution in [1.29, 1.82) is 0 Å². The van der Waals surface area contributed by atoms with Gasteiger partial charge < -0.3 is 19.9 Å². The Morgan fingerprint density at radius 1 is 1.16 bits per heavy atom. The lowest BCUT2D eigenvalue weighted by Crippen LogP contribution is -2.25. The van der Waals surface area contributed by atoms with Crippen LogP contribution in [0.2, 0.25) is 0 Å². The van der Waals surface area contributed by atoms with E-state index in [4.69, 9.17) is 4.74 Å². The molecule has 2 aromatic carbocycles. The van der Waals surface area contributed by atoms with Crippen LogP contribution in [0.15, 0.2) is 34.8 Å². The number of fused-ring (bicyclic) bond motifs is 1. The van der Waals surface area contributed by atoms with E-state index in [0.717, 1.165) is 30.7 Å². The second kappa shape index (κ2) is 9.48. The van der Waals surface area contributed by atoms with E-state index in [1.165, 1.54) is 6.07 Å². The number of alkyl halides is 3. The number of anilines is 2. The molecular formula is C22H25BrF3N3O2. The largest absolute Gasteiger partial charge is 0.492 e. The maximum Gasteiger partial charge on any atom is 0.416 e. The van der Waals surface area contributed by atoms with E-state index in [2.05, 4.69) is 21.2 Å². The van der Waals surface area contributed by atoms with E-state index in [0.29, 0.717) is 41.0 Å². The summed E-state index contributed by atoms with van der Waals surface area (Å²) in [5, 5.41) is 2.68. The first kappa shape index (κ1) is 23.4. The van der Waals surface area contributed by atoms with Gasteiger partial charge in [-0.3, -0.25) is 4.79 Å². The smallest absolute Gasteiger partial charge is 0.416 e. The van der Waals surface area contributed by atoms with Gasteiger partial charge >= 0.3 is 6.18 Å².